The highest BCUT2D eigenvalue weighted by atomic mass is 35.5. The number of benzene rings is 1. The van der Waals surface area contributed by atoms with Crippen molar-refractivity contribution in [2.45, 2.75) is 18.0 Å². The molecule has 1 aromatic carbocycles. The normalized spacial score (nSPS) is 13.5. The minimum atomic E-state index is -4.63. The number of hydrogen-bond acceptors (Lipinski definition) is 5. The lowest BCUT2D eigenvalue weighted by atomic mass is 10.2. The number of rotatable bonds is 4. The predicted octanol–water partition coefficient (Wildman–Crippen LogP) is 3.72. The molecule has 136 valence electrons. The molecule has 0 saturated carbocycles. The van der Waals surface area contributed by atoms with Crippen LogP contribution < -0.4 is 5.73 Å². The summed E-state index contributed by atoms with van der Waals surface area (Å²) in [5, 5.41) is 14.8. The molecule has 1 unspecified atom stereocenters. The highest BCUT2D eigenvalue weighted by Crippen LogP contribution is 2.38. The van der Waals surface area contributed by atoms with E-state index in [0.717, 1.165) is 10.9 Å². The van der Waals surface area contributed by atoms with Crippen LogP contribution in [-0.4, -0.2) is 31.2 Å². The third kappa shape index (κ3) is 3.75. The summed E-state index contributed by atoms with van der Waals surface area (Å²) in [6.45, 7) is 1.63. The van der Waals surface area contributed by atoms with Crippen molar-refractivity contribution >= 4 is 46.0 Å². The van der Waals surface area contributed by atoms with Crippen LogP contribution in [0.4, 0.5) is 19.0 Å². The van der Waals surface area contributed by atoms with Crippen molar-refractivity contribution in [3.63, 3.8) is 0 Å². The molecule has 25 heavy (non-hydrogen) atoms. The van der Waals surface area contributed by atoms with Crippen LogP contribution in [0.1, 0.15) is 18.2 Å². The minimum absolute atomic E-state index is 0.0211. The topological polar surface area (TPSA) is 93.5 Å². The number of hydrogen-bond donors (Lipinski definition) is 2. The van der Waals surface area contributed by atoms with Gasteiger partial charge in [0.05, 0.1) is 32.6 Å². The van der Waals surface area contributed by atoms with Crippen molar-refractivity contribution < 1.29 is 22.6 Å². The molecule has 0 saturated heterocycles. The first kappa shape index (κ1) is 19.5. The fourth-order valence-electron chi connectivity index (χ4n) is 2.05. The zero-order chi connectivity index (χ0) is 18.9. The molecule has 0 aliphatic heterocycles. The van der Waals surface area contributed by atoms with Gasteiger partial charge in [-0.3, -0.25) is 4.21 Å². The zero-order valence-corrected chi connectivity index (χ0v) is 14.8. The van der Waals surface area contributed by atoms with Gasteiger partial charge >= 0.3 is 6.18 Å². The van der Waals surface area contributed by atoms with Crippen LogP contribution in [0.25, 0.3) is 5.69 Å². The summed E-state index contributed by atoms with van der Waals surface area (Å²) in [4.78, 5) is 0.0623. The average Bonchev–Trinajstić information content (AvgIpc) is 2.82. The maximum Gasteiger partial charge on any atom is 0.416 e. The maximum absolute atomic E-state index is 12.8. The number of nitrogens with zero attached hydrogens (tertiary/aromatic N) is 3. The largest absolute Gasteiger partial charge is 0.416 e. The molecule has 0 aliphatic carbocycles. The number of oxime groups is 1. The van der Waals surface area contributed by atoms with Gasteiger partial charge < -0.3 is 10.9 Å². The molecular formula is C13H11Cl2F3N4O2S. The van der Waals surface area contributed by atoms with Gasteiger partial charge in [0.25, 0.3) is 0 Å². The van der Waals surface area contributed by atoms with Gasteiger partial charge in [-0.25, -0.2) is 4.68 Å². The van der Waals surface area contributed by atoms with E-state index in [1.807, 2.05) is 0 Å². The van der Waals surface area contributed by atoms with E-state index in [1.165, 1.54) is 0 Å². The molecule has 0 bridgehead atoms. The Morgan fingerprint density at radius 2 is 1.96 bits per heavy atom. The van der Waals surface area contributed by atoms with Crippen LogP contribution in [0, 0.1) is 0 Å². The molecule has 0 radical (unpaired) electrons. The van der Waals surface area contributed by atoms with Gasteiger partial charge in [0, 0.05) is 5.75 Å². The highest BCUT2D eigenvalue weighted by molar-refractivity contribution is 7.85. The van der Waals surface area contributed by atoms with Gasteiger partial charge in [0.2, 0.25) is 0 Å². The van der Waals surface area contributed by atoms with Crippen LogP contribution >= 0.6 is 23.2 Å². The van der Waals surface area contributed by atoms with Gasteiger partial charge in [-0.05, 0) is 12.1 Å². The van der Waals surface area contributed by atoms with Gasteiger partial charge in [0.15, 0.2) is 0 Å². The van der Waals surface area contributed by atoms with Crippen LogP contribution in [0.2, 0.25) is 10.0 Å². The molecule has 2 rings (SSSR count). The fraction of sp³-hybridized carbons (Fsp3) is 0.231. The summed E-state index contributed by atoms with van der Waals surface area (Å²) < 4.78 is 51.6. The SMILES string of the molecule is CCS(=O)c1c(/C=N/O)nn(-c2c(Cl)cc(C(F)(F)F)cc2Cl)c1N. The number of anilines is 1. The van der Waals surface area contributed by atoms with E-state index in [2.05, 4.69) is 10.3 Å². The number of nitrogens with two attached hydrogens (primary N) is 1. The second-order valence-corrected chi connectivity index (χ2v) is 7.17. The Hall–Kier alpha value is -1.78. The number of nitrogen functional groups attached to an aromatic ring is 1. The van der Waals surface area contributed by atoms with Crippen molar-refractivity contribution in [2.24, 2.45) is 5.16 Å². The van der Waals surface area contributed by atoms with Gasteiger partial charge in [0.1, 0.15) is 22.1 Å². The molecule has 0 fully saturated rings. The Kier molecular flexibility index (Phi) is 5.65. The summed E-state index contributed by atoms with van der Waals surface area (Å²) in [6.07, 6.45) is -3.73. The highest BCUT2D eigenvalue weighted by Gasteiger charge is 2.33. The summed E-state index contributed by atoms with van der Waals surface area (Å²) in [5.41, 5.74) is 4.76. The molecule has 6 nitrogen and oxygen atoms in total. The Morgan fingerprint density at radius 3 is 2.40 bits per heavy atom. The maximum atomic E-state index is 12.8. The molecule has 1 atom stereocenters. The molecule has 1 heterocycles. The van der Waals surface area contributed by atoms with E-state index in [4.69, 9.17) is 34.1 Å². The lowest BCUT2D eigenvalue weighted by molar-refractivity contribution is -0.137. The third-order valence-electron chi connectivity index (χ3n) is 3.13. The smallest absolute Gasteiger partial charge is 0.411 e. The van der Waals surface area contributed by atoms with Crippen LogP contribution in [0.15, 0.2) is 22.2 Å². The minimum Gasteiger partial charge on any atom is -0.411 e. The summed E-state index contributed by atoms with van der Waals surface area (Å²) >= 11 is 11.9. The number of aromatic nitrogens is 2. The lowest BCUT2D eigenvalue weighted by Gasteiger charge is -2.13. The lowest BCUT2D eigenvalue weighted by Crippen LogP contribution is -2.09. The Morgan fingerprint density at radius 1 is 1.40 bits per heavy atom. The third-order valence-corrected chi connectivity index (χ3v) is 5.10. The van der Waals surface area contributed by atoms with Crippen molar-refractivity contribution in [3.8, 4) is 5.69 Å². The monoisotopic (exact) mass is 414 g/mol. The molecule has 12 heteroatoms. The van der Waals surface area contributed by atoms with E-state index < -0.39 is 22.5 Å². The molecule has 3 N–H and O–H groups in total. The first-order valence-electron chi connectivity index (χ1n) is 6.62. The summed E-state index contributed by atoms with van der Waals surface area (Å²) in [6, 6.07) is 1.36. The van der Waals surface area contributed by atoms with Crippen molar-refractivity contribution in [3.05, 3.63) is 33.4 Å². The molecule has 1 aromatic heterocycles. The predicted molar refractivity (Wildman–Crippen MR) is 89.3 cm³/mol. The van der Waals surface area contributed by atoms with Crippen molar-refractivity contribution in [2.75, 3.05) is 11.5 Å². The first-order chi connectivity index (χ1) is 11.6. The van der Waals surface area contributed by atoms with E-state index in [9.17, 15) is 17.4 Å². The summed E-state index contributed by atoms with van der Waals surface area (Å²) in [7, 11) is -1.58. The zero-order valence-electron chi connectivity index (χ0n) is 12.5. The van der Waals surface area contributed by atoms with Crippen LogP contribution in [0.5, 0.6) is 0 Å². The van der Waals surface area contributed by atoms with E-state index in [0.29, 0.717) is 12.1 Å². The Labute approximate surface area is 152 Å². The number of halogens is 5. The van der Waals surface area contributed by atoms with E-state index >= 15 is 0 Å². The molecule has 0 amide bonds. The Bertz CT molecular complexity index is 845. The van der Waals surface area contributed by atoms with Crippen molar-refractivity contribution in [1.82, 2.24) is 9.78 Å². The van der Waals surface area contributed by atoms with Gasteiger partial charge in [-0.1, -0.05) is 35.3 Å². The van der Waals surface area contributed by atoms with E-state index in [1.54, 1.807) is 6.92 Å². The van der Waals surface area contributed by atoms with Crippen molar-refractivity contribution in [1.29, 1.82) is 0 Å². The quantitative estimate of drug-likeness (QED) is 0.452. The number of alkyl halides is 3. The van der Waals surface area contributed by atoms with Gasteiger partial charge in [-0.15, -0.1) is 0 Å². The molecule has 2 aromatic rings. The molecule has 0 aliphatic rings. The molecule has 0 spiro atoms. The fourth-order valence-corrected chi connectivity index (χ4v) is 3.64. The standard InChI is InChI=1S/C13H11Cl2F3N4O2S/c1-2-25(24)11-9(5-20-23)21-22(12(11)19)10-7(14)3-6(4-8(10)15)13(16,17)18/h3-5,23H,2,19H2,1H3/b20-5+. The summed E-state index contributed by atoms with van der Waals surface area (Å²) in [5.74, 6) is 0.0510. The average molecular weight is 415 g/mol. The Balaban J connectivity index is 2.73. The van der Waals surface area contributed by atoms with Crippen LogP contribution in [-0.2, 0) is 17.0 Å². The first-order valence-corrected chi connectivity index (χ1v) is 8.70. The molecular weight excluding hydrogens is 404 g/mol. The van der Waals surface area contributed by atoms with E-state index in [-0.39, 0.29) is 37.9 Å². The second-order valence-electron chi connectivity index (χ2n) is 4.68. The van der Waals surface area contributed by atoms with Crippen LogP contribution in [0.3, 0.4) is 0 Å². The van der Waals surface area contributed by atoms with Gasteiger partial charge in [-0.2, -0.15) is 18.3 Å². The second kappa shape index (κ2) is 7.22.